The first kappa shape index (κ1) is 15.7. The summed E-state index contributed by atoms with van der Waals surface area (Å²) in [4.78, 5) is 11.4. The van der Waals surface area contributed by atoms with Crippen LogP contribution in [0, 0.1) is 0 Å². The third kappa shape index (κ3) is 2.76. The van der Waals surface area contributed by atoms with E-state index >= 15 is 0 Å². The molecule has 25 heavy (non-hydrogen) atoms. The van der Waals surface area contributed by atoms with Crippen molar-refractivity contribution in [1.82, 2.24) is 4.57 Å². The molecule has 1 N–H and O–H groups in total. The zero-order chi connectivity index (χ0) is 17.4. The highest BCUT2D eigenvalue weighted by Crippen LogP contribution is 2.38. The van der Waals surface area contributed by atoms with Crippen LogP contribution in [0.2, 0.25) is 0 Å². The Hall–Kier alpha value is -2.81. The minimum absolute atomic E-state index is 0.322. The van der Waals surface area contributed by atoms with Crippen molar-refractivity contribution in [2.75, 3.05) is 0 Å². The van der Waals surface area contributed by atoms with Crippen molar-refractivity contribution < 1.29 is 9.90 Å². The molecule has 0 fully saturated rings. The number of carboxylic acids is 1. The molecule has 1 unspecified atom stereocenters. The molecule has 3 aromatic rings. The van der Waals surface area contributed by atoms with E-state index in [4.69, 9.17) is 0 Å². The summed E-state index contributed by atoms with van der Waals surface area (Å²) in [7, 11) is 0. The average molecular weight is 331 g/mol. The first-order valence-electron chi connectivity index (χ1n) is 8.79. The van der Waals surface area contributed by atoms with Gasteiger partial charge in [0, 0.05) is 11.4 Å². The van der Waals surface area contributed by atoms with E-state index in [0.717, 1.165) is 23.4 Å². The number of aromatic carboxylic acids is 1. The fourth-order valence-electron chi connectivity index (χ4n) is 3.88. The molecule has 0 radical (unpaired) electrons. The highest BCUT2D eigenvalue weighted by molar-refractivity contribution is 5.88. The van der Waals surface area contributed by atoms with E-state index in [0.29, 0.717) is 11.5 Å². The number of nitrogens with zero attached hydrogens (tertiary/aromatic N) is 1. The zero-order valence-corrected chi connectivity index (χ0v) is 14.3. The van der Waals surface area contributed by atoms with Gasteiger partial charge in [-0.1, -0.05) is 43.3 Å². The van der Waals surface area contributed by atoms with Crippen LogP contribution in [-0.4, -0.2) is 15.6 Å². The Balaban J connectivity index is 1.97. The van der Waals surface area contributed by atoms with Crippen LogP contribution in [0.4, 0.5) is 0 Å². The van der Waals surface area contributed by atoms with Crippen LogP contribution in [0.15, 0.2) is 60.7 Å². The van der Waals surface area contributed by atoms with E-state index in [1.807, 2.05) is 30.3 Å². The monoisotopic (exact) mass is 331 g/mol. The third-order valence-electron chi connectivity index (χ3n) is 5.14. The molecule has 0 spiro atoms. The van der Waals surface area contributed by atoms with Crippen molar-refractivity contribution in [3.8, 4) is 16.9 Å². The number of carboxylic acid groups (broad SMARTS) is 1. The van der Waals surface area contributed by atoms with Gasteiger partial charge in [-0.2, -0.15) is 0 Å². The summed E-state index contributed by atoms with van der Waals surface area (Å²) < 4.78 is 2.26. The molecule has 0 bridgehead atoms. The summed E-state index contributed by atoms with van der Waals surface area (Å²) >= 11 is 0. The summed E-state index contributed by atoms with van der Waals surface area (Å²) in [6, 6.07) is 19.9. The summed E-state index contributed by atoms with van der Waals surface area (Å²) in [6.45, 7) is 2.28. The lowest BCUT2D eigenvalue weighted by molar-refractivity contribution is 0.0697. The first-order valence-corrected chi connectivity index (χ1v) is 8.79. The van der Waals surface area contributed by atoms with Gasteiger partial charge in [-0.25, -0.2) is 4.79 Å². The lowest BCUT2D eigenvalue weighted by Crippen LogP contribution is -2.10. The van der Waals surface area contributed by atoms with Crippen molar-refractivity contribution in [1.29, 1.82) is 0 Å². The second kappa shape index (κ2) is 6.25. The molecular formula is C22H21NO2. The van der Waals surface area contributed by atoms with Crippen molar-refractivity contribution in [2.45, 2.75) is 32.1 Å². The topological polar surface area (TPSA) is 42.2 Å². The molecule has 1 aromatic heterocycles. The second-order valence-electron chi connectivity index (χ2n) is 6.78. The lowest BCUT2D eigenvalue weighted by Gasteiger charge is -2.21. The summed E-state index contributed by atoms with van der Waals surface area (Å²) in [5, 5.41) is 9.36. The van der Waals surface area contributed by atoms with Gasteiger partial charge in [0.15, 0.2) is 0 Å². The number of hydrogen-bond donors (Lipinski definition) is 1. The standard InChI is InChI=1S/C22H21NO2/c1-15-7-5-12-20-19(15)14-21(16-8-3-2-4-9-16)23(20)18-11-6-10-17(13-18)22(24)25/h2-4,6,8-11,13-15H,5,7,12H2,1H3,(H,24,25). The fourth-order valence-corrected chi connectivity index (χ4v) is 3.88. The first-order chi connectivity index (χ1) is 12.1. The van der Waals surface area contributed by atoms with Gasteiger partial charge in [0.25, 0.3) is 0 Å². The number of benzene rings is 2. The second-order valence-corrected chi connectivity index (χ2v) is 6.78. The molecule has 3 nitrogen and oxygen atoms in total. The summed E-state index contributed by atoms with van der Waals surface area (Å²) in [5.41, 5.74) is 6.26. The van der Waals surface area contributed by atoms with Crippen LogP contribution in [0.5, 0.6) is 0 Å². The fraction of sp³-hybridized carbons (Fsp3) is 0.227. The molecule has 0 saturated carbocycles. The molecule has 0 amide bonds. The van der Waals surface area contributed by atoms with E-state index in [-0.39, 0.29) is 0 Å². The normalized spacial score (nSPS) is 16.4. The van der Waals surface area contributed by atoms with E-state index in [9.17, 15) is 9.90 Å². The molecule has 4 rings (SSSR count). The SMILES string of the molecule is CC1CCCc2c1cc(-c1ccccc1)n2-c1cccc(C(=O)O)c1. The summed E-state index contributed by atoms with van der Waals surface area (Å²) in [6.07, 6.45) is 3.41. The van der Waals surface area contributed by atoms with Crippen LogP contribution < -0.4 is 0 Å². The molecule has 126 valence electrons. The molecule has 1 heterocycles. The zero-order valence-electron chi connectivity index (χ0n) is 14.3. The molecule has 1 atom stereocenters. The quantitative estimate of drug-likeness (QED) is 0.709. The maximum atomic E-state index is 11.4. The van der Waals surface area contributed by atoms with Gasteiger partial charge in [0.1, 0.15) is 0 Å². The maximum absolute atomic E-state index is 11.4. The molecular weight excluding hydrogens is 310 g/mol. The van der Waals surface area contributed by atoms with Crippen molar-refractivity contribution in [2.24, 2.45) is 0 Å². The molecule has 3 heteroatoms. The number of hydrogen-bond acceptors (Lipinski definition) is 1. The largest absolute Gasteiger partial charge is 0.478 e. The van der Waals surface area contributed by atoms with Gasteiger partial charge < -0.3 is 9.67 Å². The minimum Gasteiger partial charge on any atom is -0.478 e. The molecule has 1 aliphatic rings. The Labute approximate surface area is 147 Å². The van der Waals surface area contributed by atoms with Gasteiger partial charge in [0.05, 0.1) is 11.3 Å². The number of fused-ring (bicyclic) bond motifs is 1. The highest BCUT2D eigenvalue weighted by Gasteiger charge is 2.24. The third-order valence-corrected chi connectivity index (χ3v) is 5.14. The highest BCUT2D eigenvalue weighted by atomic mass is 16.4. The van der Waals surface area contributed by atoms with Crippen LogP contribution >= 0.6 is 0 Å². The van der Waals surface area contributed by atoms with Gasteiger partial charge in [-0.05, 0) is 60.6 Å². The average Bonchev–Trinajstić information content (AvgIpc) is 3.03. The van der Waals surface area contributed by atoms with Crippen LogP contribution in [0.1, 0.15) is 47.3 Å². The Kier molecular flexibility index (Phi) is 3.92. The van der Waals surface area contributed by atoms with E-state index in [1.165, 1.54) is 24.1 Å². The van der Waals surface area contributed by atoms with E-state index < -0.39 is 5.97 Å². The molecule has 0 aliphatic heterocycles. The summed E-state index contributed by atoms with van der Waals surface area (Å²) in [5.74, 6) is -0.354. The lowest BCUT2D eigenvalue weighted by atomic mass is 9.88. The van der Waals surface area contributed by atoms with Crippen LogP contribution in [0.3, 0.4) is 0 Å². The molecule has 2 aromatic carbocycles. The van der Waals surface area contributed by atoms with E-state index in [1.54, 1.807) is 12.1 Å². The van der Waals surface area contributed by atoms with Gasteiger partial charge in [-0.3, -0.25) is 0 Å². The smallest absolute Gasteiger partial charge is 0.335 e. The van der Waals surface area contributed by atoms with Crippen molar-refractivity contribution in [3.63, 3.8) is 0 Å². The van der Waals surface area contributed by atoms with Gasteiger partial charge >= 0.3 is 5.97 Å². The predicted octanol–water partition coefficient (Wildman–Crippen LogP) is 5.28. The maximum Gasteiger partial charge on any atom is 0.335 e. The number of rotatable bonds is 3. The van der Waals surface area contributed by atoms with Crippen molar-refractivity contribution in [3.05, 3.63) is 77.5 Å². The Morgan fingerprint density at radius 1 is 1.08 bits per heavy atom. The molecule has 1 aliphatic carbocycles. The predicted molar refractivity (Wildman–Crippen MR) is 99.5 cm³/mol. The van der Waals surface area contributed by atoms with Crippen molar-refractivity contribution >= 4 is 5.97 Å². The van der Waals surface area contributed by atoms with Crippen LogP contribution in [-0.2, 0) is 6.42 Å². The van der Waals surface area contributed by atoms with Crippen LogP contribution in [0.25, 0.3) is 16.9 Å². The Bertz CT molecular complexity index is 924. The van der Waals surface area contributed by atoms with Gasteiger partial charge in [0.2, 0.25) is 0 Å². The molecule has 0 saturated heterocycles. The Morgan fingerprint density at radius 2 is 1.88 bits per heavy atom. The number of aromatic nitrogens is 1. The van der Waals surface area contributed by atoms with E-state index in [2.05, 4.69) is 29.7 Å². The van der Waals surface area contributed by atoms with Gasteiger partial charge in [-0.15, -0.1) is 0 Å². The Morgan fingerprint density at radius 3 is 2.64 bits per heavy atom. The number of carbonyl (C=O) groups is 1. The minimum atomic E-state index is -0.891.